The summed E-state index contributed by atoms with van der Waals surface area (Å²) in [7, 11) is 0. The quantitative estimate of drug-likeness (QED) is 0.749. The molecule has 2 aliphatic rings. The van der Waals surface area contributed by atoms with Crippen LogP contribution < -0.4 is 5.32 Å². The lowest BCUT2D eigenvalue weighted by molar-refractivity contribution is -0.128. The van der Waals surface area contributed by atoms with Crippen LogP contribution in [0.25, 0.3) is 0 Å². The number of carbonyl (C=O) groups excluding carboxylic acids is 1. The number of nitrogens with one attached hydrogen (secondary N) is 1. The average molecular weight is 391 g/mol. The average Bonchev–Trinajstić information content (AvgIpc) is 3.25. The Morgan fingerprint density at radius 2 is 1.62 bits per heavy atom. The van der Waals surface area contributed by atoms with Crippen LogP contribution in [-0.4, -0.2) is 29.9 Å². The summed E-state index contributed by atoms with van der Waals surface area (Å²) >= 11 is 0. The molecule has 2 fully saturated rings. The van der Waals surface area contributed by atoms with Gasteiger partial charge in [0.15, 0.2) is 0 Å². The standard InChI is InChI=1S/C26H34N2O/c1-20-11-13-23(14-12-20)25(26(29)27-24-9-5-6-10-24)28-17-15-22(16-18-28)19-21-7-3-2-4-8-21/h2-4,7-8,11-14,22,24-25H,5-6,9-10,15-19H2,1H3,(H,27,29)/t25-/m0/s1. The molecule has 0 spiro atoms. The van der Waals surface area contributed by atoms with Crippen LogP contribution in [0.3, 0.4) is 0 Å². The smallest absolute Gasteiger partial charge is 0.242 e. The summed E-state index contributed by atoms with van der Waals surface area (Å²) in [5.74, 6) is 0.910. The van der Waals surface area contributed by atoms with Crippen LogP contribution in [0.4, 0.5) is 0 Å². The predicted molar refractivity (Wildman–Crippen MR) is 119 cm³/mol. The Balaban J connectivity index is 1.43. The topological polar surface area (TPSA) is 32.3 Å². The number of nitrogens with zero attached hydrogens (tertiary/aromatic N) is 1. The highest BCUT2D eigenvalue weighted by atomic mass is 16.2. The number of benzene rings is 2. The summed E-state index contributed by atoms with van der Waals surface area (Å²) < 4.78 is 0. The van der Waals surface area contributed by atoms with Crippen molar-refractivity contribution in [2.75, 3.05) is 13.1 Å². The number of carbonyl (C=O) groups is 1. The van der Waals surface area contributed by atoms with E-state index in [9.17, 15) is 4.79 Å². The predicted octanol–water partition coefficient (Wildman–Crippen LogP) is 5.05. The van der Waals surface area contributed by atoms with Gasteiger partial charge in [-0.25, -0.2) is 0 Å². The van der Waals surface area contributed by atoms with E-state index in [1.165, 1.54) is 24.0 Å². The van der Waals surface area contributed by atoms with Gasteiger partial charge in [0, 0.05) is 6.04 Å². The Hall–Kier alpha value is -2.13. The molecule has 1 heterocycles. The molecule has 1 atom stereocenters. The van der Waals surface area contributed by atoms with Gasteiger partial charge in [-0.2, -0.15) is 0 Å². The van der Waals surface area contributed by atoms with Crippen LogP contribution >= 0.6 is 0 Å². The molecule has 2 aromatic carbocycles. The lowest BCUT2D eigenvalue weighted by Gasteiger charge is -2.37. The molecule has 1 saturated carbocycles. The van der Waals surface area contributed by atoms with Gasteiger partial charge < -0.3 is 5.32 Å². The van der Waals surface area contributed by atoms with E-state index in [1.807, 2.05) is 0 Å². The van der Waals surface area contributed by atoms with Crippen LogP contribution in [0.5, 0.6) is 0 Å². The van der Waals surface area contributed by atoms with Gasteiger partial charge in [0.2, 0.25) is 5.91 Å². The molecule has 1 N–H and O–H groups in total. The van der Waals surface area contributed by atoms with Crippen molar-refractivity contribution in [1.29, 1.82) is 0 Å². The third kappa shape index (κ3) is 5.27. The fourth-order valence-electron chi connectivity index (χ4n) is 4.99. The third-order valence-electron chi connectivity index (χ3n) is 6.72. The lowest BCUT2D eigenvalue weighted by atomic mass is 9.88. The van der Waals surface area contributed by atoms with Gasteiger partial charge in [-0.15, -0.1) is 0 Å². The Morgan fingerprint density at radius 3 is 2.28 bits per heavy atom. The number of rotatable bonds is 6. The summed E-state index contributed by atoms with van der Waals surface area (Å²) in [6, 6.07) is 19.6. The molecule has 3 heteroatoms. The molecule has 1 saturated heterocycles. The van der Waals surface area contributed by atoms with E-state index in [0.29, 0.717) is 12.0 Å². The molecule has 0 unspecified atom stereocenters. The second-order valence-corrected chi connectivity index (χ2v) is 8.97. The molecule has 3 nitrogen and oxygen atoms in total. The van der Waals surface area contributed by atoms with E-state index in [-0.39, 0.29) is 11.9 Å². The zero-order valence-corrected chi connectivity index (χ0v) is 17.6. The second kappa shape index (κ2) is 9.58. The molecule has 1 aliphatic heterocycles. The van der Waals surface area contributed by atoms with Crippen molar-refractivity contribution in [2.24, 2.45) is 5.92 Å². The number of aryl methyl sites for hydroxylation is 1. The molecule has 0 bridgehead atoms. The second-order valence-electron chi connectivity index (χ2n) is 8.97. The van der Waals surface area contributed by atoms with Gasteiger partial charge in [-0.1, -0.05) is 73.0 Å². The number of piperidine rings is 1. The zero-order valence-electron chi connectivity index (χ0n) is 17.6. The van der Waals surface area contributed by atoms with Crippen LogP contribution in [0.2, 0.25) is 0 Å². The number of hydrogen-bond acceptors (Lipinski definition) is 2. The maximum atomic E-state index is 13.3. The van der Waals surface area contributed by atoms with Gasteiger partial charge in [0.25, 0.3) is 0 Å². The van der Waals surface area contributed by atoms with Crippen molar-refractivity contribution in [3.8, 4) is 0 Å². The summed E-state index contributed by atoms with van der Waals surface area (Å²) in [4.78, 5) is 15.7. The van der Waals surface area contributed by atoms with Crippen molar-refractivity contribution >= 4 is 5.91 Å². The molecular formula is C26H34N2O. The van der Waals surface area contributed by atoms with Crippen LogP contribution in [0.1, 0.15) is 61.3 Å². The largest absolute Gasteiger partial charge is 0.352 e. The van der Waals surface area contributed by atoms with E-state index in [1.54, 1.807) is 0 Å². The first-order valence-electron chi connectivity index (χ1n) is 11.3. The van der Waals surface area contributed by atoms with E-state index in [4.69, 9.17) is 0 Å². The molecule has 0 radical (unpaired) electrons. The highest BCUT2D eigenvalue weighted by molar-refractivity contribution is 5.83. The van der Waals surface area contributed by atoms with Gasteiger partial charge in [-0.05, 0) is 69.2 Å². The number of amides is 1. The fraction of sp³-hybridized carbons (Fsp3) is 0.500. The summed E-state index contributed by atoms with van der Waals surface area (Å²) in [5, 5.41) is 3.36. The Morgan fingerprint density at radius 1 is 0.966 bits per heavy atom. The first kappa shape index (κ1) is 20.2. The molecule has 0 aromatic heterocycles. The van der Waals surface area contributed by atoms with Gasteiger partial charge in [0.1, 0.15) is 6.04 Å². The summed E-state index contributed by atoms with van der Waals surface area (Å²) in [6.45, 7) is 4.09. The van der Waals surface area contributed by atoms with Crippen molar-refractivity contribution < 1.29 is 4.79 Å². The maximum Gasteiger partial charge on any atom is 0.242 e. The summed E-state index contributed by atoms with van der Waals surface area (Å²) in [6.07, 6.45) is 8.22. The summed E-state index contributed by atoms with van der Waals surface area (Å²) in [5.41, 5.74) is 3.80. The highest BCUT2D eigenvalue weighted by Crippen LogP contribution is 2.30. The van der Waals surface area contributed by atoms with Gasteiger partial charge in [0.05, 0.1) is 0 Å². The van der Waals surface area contributed by atoms with E-state index in [0.717, 1.165) is 50.8 Å². The maximum absolute atomic E-state index is 13.3. The Labute approximate surface area is 175 Å². The number of likely N-dealkylation sites (tertiary alicyclic amines) is 1. The van der Waals surface area contributed by atoms with Crippen molar-refractivity contribution in [3.05, 3.63) is 71.3 Å². The van der Waals surface area contributed by atoms with Crippen LogP contribution in [0, 0.1) is 12.8 Å². The zero-order chi connectivity index (χ0) is 20.1. The minimum absolute atomic E-state index is 0.158. The fourth-order valence-corrected chi connectivity index (χ4v) is 4.99. The highest BCUT2D eigenvalue weighted by Gasteiger charge is 2.32. The molecule has 154 valence electrons. The number of hydrogen-bond donors (Lipinski definition) is 1. The SMILES string of the molecule is Cc1ccc([C@@H](C(=O)NC2CCCC2)N2CCC(Cc3ccccc3)CC2)cc1. The van der Waals surface area contributed by atoms with Gasteiger partial charge >= 0.3 is 0 Å². The van der Waals surface area contributed by atoms with Crippen LogP contribution in [-0.2, 0) is 11.2 Å². The molecular weight excluding hydrogens is 356 g/mol. The van der Waals surface area contributed by atoms with Gasteiger partial charge in [-0.3, -0.25) is 9.69 Å². The van der Waals surface area contributed by atoms with Crippen molar-refractivity contribution in [1.82, 2.24) is 10.2 Å². The van der Waals surface area contributed by atoms with Crippen LogP contribution in [0.15, 0.2) is 54.6 Å². The van der Waals surface area contributed by atoms with Crippen molar-refractivity contribution in [2.45, 2.75) is 64.0 Å². The van der Waals surface area contributed by atoms with E-state index < -0.39 is 0 Å². The minimum Gasteiger partial charge on any atom is -0.352 e. The Kier molecular flexibility index (Phi) is 6.66. The molecule has 1 aliphatic carbocycles. The monoisotopic (exact) mass is 390 g/mol. The molecule has 29 heavy (non-hydrogen) atoms. The normalized spacial score (nSPS) is 19.9. The van der Waals surface area contributed by atoms with E-state index in [2.05, 4.69) is 71.7 Å². The van der Waals surface area contributed by atoms with E-state index >= 15 is 0 Å². The molecule has 2 aromatic rings. The molecule has 4 rings (SSSR count). The minimum atomic E-state index is -0.158. The third-order valence-corrected chi connectivity index (χ3v) is 6.72. The first-order chi connectivity index (χ1) is 14.2. The lowest BCUT2D eigenvalue weighted by Crippen LogP contribution is -2.46. The Bertz CT molecular complexity index is 772. The molecule has 1 amide bonds. The first-order valence-corrected chi connectivity index (χ1v) is 11.3. The van der Waals surface area contributed by atoms with Crippen molar-refractivity contribution in [3.63, 3.8) is 0 Å².